The number of nitrogen functional groups attached to an aromatic ring is 1. The number of nitrogens with two attached hydrogens (primary N) is 1. The number of anilines is 2. The van der Waals surface area contributed by atoms with Crippen LogP contribution in [0.25, 0.3) is 10.9 Å². The third-order valence-electron chi connectivity index (χ3n) is 5.29. The van der Waals surface area contributed by atoms with Crippen molar-refractivity contribution in [1.82, 2.24) is 10.3 Å². The summed E-state index contributed by atoms with van der Waals surface area (Å²) in [6.07, 6.45) is 3.18. The SMILES string of the molecule is N=Cc1c(N)cccc1NC(=O)C(Cc1ccccc1)NC(=O)c1cccc2[nH]ccc12. The van der Waals surface area contributed by atoms with E-state index < -0.39 is 11.9 Å². The molecule has 0 saturated heterocycles. The largest absolute Gasteiger partial charge is 0.398 e. The summed E-state index contributed by atoms with van der Waals surface area (Å²) in [5.74, 6) is -0.733. The van der Waals surface area contributed by atoms with Crippen molar-refractivity contribution in [3.8, 4) is 0 Å². The van der Waals surface area contributed by atoms with Gasteiger partial charge in [0.1, 0.15) is 6.04 Å². The molecule has 0 bridgehead atoms. The minimum Gasteiger partial charge on any atom is -0.398 e. The molecule has 4 rings (SSSR count). The Bertz CT molecular complexity index is 1280. The van der Waals surface area contributed by atoms with Crippen molar-refractivity contribution in [2.24, 2.45) is 0 Å². The lowest BCUT2D eigenvalue weighted by molar-refractivity contribution is -0.118. The average molecular weight is 425 g/mol. The Morgan fingerprint density at radius 2 is 1.78 bits per heavy atom. The Kier molecular flexibility index (Phi) is 5.98. The lowest BCUT2D eigenvalue weighted by Crippen LogP contribution is -2.45. The second-order valence-corrected chi connectivity index (χ2v) is 7.40. The molecule has 7 heteroatoms. The molecule has 7 nitrogen and oxygen atoms in total. The van der Waals surface area contributed by atoms with E-state index in [1.807, 2.05) is 42.5 Å². The summed E-state index contributed by atoms with van der Waals surface area (Å²) in [4.78, 5) is 29.4. The summed E-state index contributed by atoms with van der Waals surface area (Å²) in [5.41, 5.74) is 9.40. The van der Waals surface area contributed by atoms with E-state index in [2.05, 4.69) is 15.6 Å². The predicted molar refractivity (Wildman–Crippen MR) is 127 cm³/mol. The van der Waals surface area contributed by atoms with Gasteiger partial charge < -0.3 is 26.8 Å². The molecule has 0 aliphatic heterocycles. The van der Waals surface area contributed by atoms with Crippen molar-refractivity contribution in [3.63, 3.8) is 0 Å². The van der Waals surface area contributed by atoms with Gasteiger partial charge in [-0.05, 0) is 35.9 Å². The monoisotopic (exact) mass is 425 g/mol. The van der Waals surface area contributed by atoms with E-state index in [1.54, 1.807) is 36.5 Å². The van der Waals surface area contributed by atoms with Gasteiger partial charge in [-0.2, -0.15) is 0 Å². The molecule has 6 N–H and O–H groups in total. The van der Waals surface area contributed by atoms with Crippen molar-refractivity contribution in [2.45, 2.75) is 12.5 Å². The van der Waals surface area contributed by atoms with Crippen molar-refractivity contribution in [1.29, 1.82) is 5.41 Å². The zero-order valence-corrected chi connectivity index (χ0v) is 17.3. The number of amides is 2. The lowest BCUT2D eigenvalue weighted by atomic mass is 10.0. The summed E-state index contributed by atoms with van der Waals surface area (Å²) >= 11 is 0. The Morgan fingerprint density at radius 3 is 2.56 bits per heavy atom. The number of fused-ring (bicyclic) bond motifs is 1. The average Bonchev–Trinajstić information content (AvgIpc) is 3.28. The van der Waals surface area contributed by atoms with Crippen LogP contribution in [-0.2, 0) is 11.2 Å². The maximum absolute atomic E-state index is 13.2. The zero-order chi connectivity index (χ0) is 22.5. The first-order valence-electron chi connectivity index (χ1n) is 10.2. The summed E-state index contributed by atoms with van der Waals surface area (Å²) in [7, 11) is 0. The lowest BCUT2D eigenvalue weighted by Gasteiger charge is -2.20. The fourth-order valence-corrected chi connectivity index (χ4v) is 3.65. The van der Waals surface area contributed by atoms with Gasteiger partial charge in [0.2, 0.25) is 5.91 Å². The maximum atomic E-state index is 13.2. The van der Waals surface area contributed by atoms with Crippen LogP contribution in [0.3, 0.4) is 0 Å². The highest BCUT2D eigenvalue weighted by Crippen LogP contribution is 2.21. The summed E-state index contributed by atoms with van der Waals surface area (Å²) in [6.45, 7) is 0. The highest BCUT2D eigenvalue weighted by Gasteiger charge is 2.24. The van der Waals surface area contributed by atoms with Crippen molar-refractivity contribution in [3.05, 3.63) is 95.7 Å². The van der Waals surface area contributed by atoms with Crippen molar-refractivity contribution < 1.29 is 9.59 Å². The van der Waals surface area contributed by atoms with E-state index in [0.717, 1.165) is 22.7 Å². The zero-order valence-electron chi connectivity index (χ0n) is 17.3. The highest BCUT2D eigenvalue weighted by molar-refractivity contribution is 6.09. The third-order valence-corrected chi connectivity index (χ3v) is 5.29. The van der Waals surface area contributed by atoms with Crippen LogP contribution in [0.1, 0.15) is 21.5 Å². The van der Waals surface area contributed by atoms with Gasteiger partial charge >= 0.3 is 0 Å². The number of carbonyl (C=O) groups is 2. The van der Waals surface area contributed by atoms with Gasteiger partial charge in [0.25, 0.3) is 5.91 Å². The van der Waals surface area contributed by atoms with E-state index in [9.17, 15) is 9.59 Å². The normalized spacial score (nSPS) is 11.6. The Morgan fingerprint density at radius 1 is 1.00 bits per heavy atom. The molecule has 1 atom stereocenters. The number of aromatic amines is 1. The van der Waals surface area contributed by atoms with Crippen LogP contribution in [0, 0.1) is 5.41 Å². The minimum atomic E-state index is -0.834. The quantitative estimate of drug-likeness (QED) is 0.229. The van der Waals surface area contributed by atoms with Gasteiger partial charge in [0, 0.05) is 46.5 Å². The molecule has 0 saturated carbocycles. The van der Waals surface area contributed by atoms with Crippen LogP contribution in [0.5, 0.6) is 0 Å². The molecule has 0 radical (unpaired) electrons. The second-order valence-electron chi connectivity index (χ2n) is 7.40. The molecule has 32 heavy (non-hydrogen) atoms. The van der Waals surface area contributed by atoms with Crippen LogP contribution >= 0.6 is 0 Å². The van der Waals surface area contributed by atoms with E-state index in [-0.39, 0.29) is 5.91 Å². The van der Waals surface area contributed by atoms with E-state index in [0.29, 0.717) is 28.9 Å². The summed E-state index contributed by atoms with van der Waals surface area (Å²) in [5, 5.41) is 14.1. The standard InChI is InChI=1S/C25H23N5O2/c26-15-19-20(27)9-5-11-22(19)29-25(32)23(14-16-6-2-1-3-7-16)30-24(31)18-8-4-10-21-17(18)12-13-28-21/h1-13,15,23,26,28H,14,27H2,(H,29,32)(H,30,31). The minimum absolute atomic E-state index is 0.309. The first kappa shape index (κ1) is 20.9. The molecule has 0 spiro atoms. The van der Waals surface area contributed by atoms with Crippen molar-refractivity contribution in [2.75, 3.05) is 11.1 Å². The van der Waals surface area contributed by atoms with Gasteiger partial charge in [-0.25, -0.2) is 0 Å². The van der Waals surface area contributed by atoms with Gasteiger partial charge in [-0.3, -0.25) is 9.59 Å². The smallest absolute Gasteiger partial charge is 0.252 e. The second kappa shape index (κ2) is 9.18. The van der Waals surface area contributed by atoms with E-state index in [1.165, 1.54) is 0 Å². The summed E-state index contributed by atoms with van der Waals surface area (Å²) in [6, 6.07) is 20.9. The molecule has 0 aliphatic rings. The molecule has 0 aliphatic carbocycles. The van der Waals surface area contributed by atoms with Crippen LogP contribution < -0.4 is 16.4 Å². The molecular weight excluding hydrogens is 402 g/mol. The molecule has 4 aromatic rings. The summed E-state index contributed by atoms with van der Waals surface area (Å²) < 4.78 is 0. The molecule has 1 heterocycles. The Hall–Kier alpha value is -4.39. The Balaban J connectivity index is 1.62. The number of carbonyl (C=O) groups excluding carboxylic acids is 2. The molecule has 2 amide bonds. The van der Waals surface area contributed by atoms with Gasteiger partial charge in [0.05, 0.1) is 5.69 Å². The number of benzene rings is 3. The molecule has 0 fully saturated rings. The molecule has 1 unspecified atom stereocenters. The fraction of sp³-hybridized carbons (Fsp3) is 0.0800. The van der Waals surface area contributed by atoms with Crippen LogP contribution in [0.15, 0.2) is 79.0 Å². The topological polar surface area (TPSA) is 124 Å². The number of rotatable bonds is 7. The first-order valence-corrected chi connectivity index (χ1v) is 10.2. The number of nitrogens with one attached hydrogen (secondary N) is 4. The molecule has 3 aromatic carbocycles. The predicted octanol–water partition coefficient (Wildman–Crippen LogP) is 3.73. The van der Waals surface area contributed by atoms with Gasteiger partial charge in [-0.1, -0.05) is 42.5 Å². The maximum Gasteiger partial charge on any atom is 0.252 e. The van der Waals surface area contributed by atoms with Crippen LogP contribution in [0.4, 0.5) is 11.4 Å². The Labute approximate surface area is 185 Å². The molecular formula is C25H23N5O2. The third kappa shape index (κ3) is 4.37. The van der Waals surface area contributed by atoms with Gasteiger partial charge in [0.15, 0.2) is 0 Å². The van der Waals surface area contributed by atoms with Crippen LogP contribution in [-0.4, -0.2) is 29.1 Å². The van der Waals surface area contributed by atoms with Crippen molar-refractivity contribution >= 4 is 40.3 Å². The van der Waals surface area contributed by atoms with Crippen LogP contribution in [0.2, 0.25) is 0 Å². The van der Waals surface area contributed by atoms with E-state index in [4.69, 9.17) is 11.1 Å². The molecule has 160 valence electrons. The number of hydrogen-bond acceptors (Lipinski definition) is 4. The van der Waals surface area contributed by atoms with E-state index >= 15 is 0 Å². The number of aromatic nitrogens is 1. The number of H-pyrrole nitrogens is 1. The highest BCUT2D eigenvalue weighted by atomic mass is 16.2. The number of hydrogen-bond donors (Lipinski definition) is 5. The molecule has 1 aromatic heterocycles. The first-order chi connectivity index (χ1) is 15.6. The van der Waals surface area contributed by atoms with Gasteiger partial charge in [-0.15, -0.1) is 0 Å². The fourth-order valence-electron chi connectivity index (χ4n) is 3.65.